The average Bonchev–Trinajstić information content (AvgIpc) is 2.32. The molecule has 1 saturated carbocycles. The second kappa shape index (κ2) is 1.81. The van der Waals surface area contributed by atoms with Crippen LogP contribution in [-0.4, -0.2) is 16.3 Å². The molecule has 0 heterocycles. The summed E-state index contributed by atoms with van der Waals surface area (Å²) in [5, 5.41) is 10.2. The van der Waals surface area contributed by atoms with E-state index < -0.39 is 16.5 Å². The molecule has 1 aliphatic rings. The summed E-state index contributed by atoms with van der Waals surface area (Å²) in [4.78, 5) is 0. The van der Waals surface area contributed by atoms with Gasteiger partial charge in [0.25, 0.3) is 5.92 Å². The molecule has 0 aromatic carbocycles. The molecule has 58 valence electrons. The van der Waals surface area contributed by atoms with Gasteiger partial charge >= 0.3 is 0 Å². The fourth-order valence-electron chi connectivity index (χ4n) is 0.734. The first-order valence-corrected chi connectivity index (χ1v) is 3.08. The van der Waals surface area contributed by atoms with Crippen molar-refractivity contribution in [3.05, 3.63) is 0 Å². The molecule has 2 nitrogen and oxygen atoms in total. The number of hydrogen-bond donors (Lipinski definition) is 1. The van der Waals surface area contributed by atoms with Crippen LogP contribution in [-0.2, 0) is 0 Å². The van der Waals surface area contributed by atoms with Crippen LogP contribution in [0.15, 0.2) is 5.16 Å². The summed E-state index contributed by atoms with van der Waals surface area (Å²) in [7, 11) is 0. The van der Waals surface area contributed by atoms with Gasteiger partial charge in [-0.1, -0.05) is 16.8 Å². The van der Waals surface area contributed by atoms with E-state index in [9.17, 15) is 8.78 Å². The van der Waals surface area contributed by atoms with E-state index in [2.05, 4.69) is 5.16 Å². The zero-order valence-electron chi connectivity index (χ0n) is 5.24. The van der Waals surface area contributed by atoms with Gasteiger partial charge in [0.2, 0.25) is 0 Å². The minimum Gasteiger partial charge on any atom is -0.410 e. The van der Waals surface area contributed by atoms with Crippen LogP contribution >= 0.6 is 11.6 Å². The molecule has 0 radical (unpaired) electrons. The summed E-state index contributed by atoms with van der Waals surface area (Å²) in [6, 6.07) is 0. The van der Waals surface area contributed by atoms with Crippen molar-refractivity contribution in [2.75, 3.05) is 0 Å². The fourth-order valence-corrected chi connectivity index (χ4v) is 0.939. The number of nitrogens with zero attached hydrogens (tertiary/aromatic N) is 1. The molecule has 0 aromatic heterocycles. The maximum Gasteiger partial charge on any atom is 0.261 e. The third-order valence-corrected chi connectivity index (χ3v) is 2.29. The van der Waals surface area contributed by atoms with Gasteiger partial charge < -0.3 is 5.21 Å². The van der Waals surface area contributed by atoms with Crippen LogP contribution < -0.4 is 0 Å². The molecule has 0 amide bonds. The van der Waals surface area contributed by atoms with Gasteiger partial charge in [-0.2, -0.15) is 0 Å². The third kappa shape index (κ3) is 0.785. The Bertz CT molecular complexity index is 194. The highest BCUT2D eigenvalue weighted by Gasteiger charge is 2.71. The van der Waals surface area contributed by atoms with E-state index in [-0.39, 0.29) is 6.42 Å². The summed E-state index contributed by atoms with van der Waals surface area (Å²) in [6.07, 6.45) is -0.330. The van der Waals surface area contributed by atoms with Gasteiger partial charge in [0.05, 0.1) is 5.41 Å². The van der Waals surface area contributed by atoms with Crippen molar-refractivity contribution in [3.8, 4) is 0 Å². The molecule has 1 fully saturated rings. The Morgan fingerprint density at radius 1 is 1.70 bits per heavy atom. The van der Waals surface area contributed by atoms with Crippen LogP contribution in [0.25, 0.3) is 0 Å². The highest BCUT2D eigenvalue weighted by molar-refractivity contribution is 6.67. The zero-order chi connectivity index (χ0) is 7.99. The number of halogens is 3. The number of rotatable bonds is 1. The van der Waals surface area contributed by atoms with Crippen molar-refractivity contribution < 1.29 is 14.0 Å². The highest BCUT2D eigenvalue weighted by Crippen LogP contribution is 2.61. The van der Waals surface area contributed by atoms with E-state index >= 15 is 0 Å². The molecule has 1 unspecified atom stereocenters. The van der Waals surface area contributed by atoms with Crippen LogP contribution in [0.3, 0.4) is 0 Å². The van der Waals surface area contributed by atoms with Gasteiger partial charge in [-0.15, -0.1) is 0 Å². The van der Waals surface area contributed by atoms with E-state index in [1.54, 1.807) is 0 Å². The Morgan fingerprint density at radius 3 is 2.20 bits per heavy atom. The van der Waals surface area contributed by atoms with E-state index in [1.807, 2.05) is 0 Å². The number of hydrogen-bond acceptors (Lipinski definition) is 2. The van der Waals surface area contributed by atoms with E-state index in [4.69, 9.17) is 16.8 Å². The molecule has 1 N–H and O–H groups in total. The summed E-state index contributed by atoms with van der Waals surface area (Å²) in [5.41, 5.74) is -1.41. The summed E-state index contributed by atoms with van der Waals surface area (Å²) in [6.45, 7) is 1.26. The quantitative estimate of drug-likeness (QED) is 0.364. The predicted molar refractivity (Wildman–Crippen MR) is 32.7 cm³/mol. The predicted octanol–water partition coefficient (Wildman–Crippen LogP) is 2.06. The van der Waals surface area contributed by atoms with E-state index in [1.165, 1.54) is 6.92 Å². The summed E-state index contributed by atoms with van der Waals surface area (Å²) in [5.74, 6) is -2.80. The standard InChI is InChI=1S/C5H6ClF2NO/c1-4(3(6)9-10)2-5(4,7)8/h10H,2H2,1H3/b9-3-. The first-order chi connectivity index (χ1) is 4.44. The molecule has 5 heteroatoms. The summed E-state index contributed by atoms with van der Waals surface area (Å²) >= 11 is 5.21. The van der Waals surface area contributed by atoms with Crippen LogP contribution in [0.4, 0.5) is 8.78 Å². The molecular weight excluding hydrogens is 164 g/mol. The van der Waals surface area contributed by atoms with Gasteiger partial charge in [-0.25, -0.2) is 8.78 Å². The van der Waals surface area contributed by atoms with Crippen molar-refractivity contribution in [2.24, 2.45) is 10.6 Å². The van der Waals surface area contributed by atoms with Crippen molar-refractivity contribution in [1.29, 1.82) is 0 Å². The maximum atomic E-state index is 12.3. The first kappa shape index (κ1) is 7.72. The van der Waals surface area contributed by atoms with Crippen LogP contribution in [0, 0.1) is 5.41 Å². The highest BCUT2D eigenvalue weighted by atomic mass is 35.5. The Kier molecular flexibility index (Phi) is 1.40. The lowest BCUT2D eigenvalue weighted by atomic mass is 10.2. The molecule has 0 saturated heterocycles. The largest absolute Gasteiger partial charge is 0.410 e. The molecule has 1 rings (SSSR count). The minimum absolute atomic E-state index is 0.330. The Morgan fingerprint density at radius 2 is 2.10 bits per heavy atom. The Balaban J connectivity index is 2.78. The average molecular weight is 170 g/mol. The lowest BCUT2D eigenvalue weighted by Gasteiger charge is -2.03. The Labute approximate surface area is 61.5 Å². The molecular formula is C5H6ClF2NO. The van der Waals surface area contributed by atoms with Gasteiger partial charge in [-0.3, -0.25) is 0 Å². The van der Waals surface area contributed by atoms with Crippen molar-refractivity contribution in [1.82, 2.24) is 0 Å². The first-order valence-electron chi connectivity index (χ1n) is 2.70. The maximum absolute atomic E-state index is 12.3. The van der Waals surface area contributed by atoms with Crippen LogP contribution in [0.2, 0.25) is 0 Å². The van der Waals surface area contributed by atoms with Crippen LogP contribution in [0.5, 0.6) is 0 Å². The normalized spacial score (nSPS) is 37.8. The van der Waals surface area contributed by atoms with Crippen molar-refractivity contribution in [2.45, 2.75) is 19.3 Å². The molecule has 0 aliphatic heterocycles. The number of alkyl halides is 2. The van der Waals surface area contributed by atoms with Crippen molar-refractivity contribution in [3.63, 3.8) is 0 Å². The monoisotopic (exact) mass is 169 g/mol. The zero-order valence-corrected chi connectivity index (χ0v) is 5.99. The van der Waals surface area contributed by atoms with Gasteiger partial charge in [0.1, 0.15) is 0 Å². The second-order valence-corrected chi connectivity index (χ2v) is 2.96. The minimum atomic E-state index is -2.80. The van der Waals surface area contributed by atoms with Gasteiger partial charge in [0, 0.05) is 6.42 Å². The van der Waals surface area contributed by atoms with Gasteiger partial charge in [0.15, 0.2) is 5.17 Å². The fraction of sp³-hybridized carbons (Fsp3) is 0.800. The third-order valence-electron chi connectivity index (χ3n) is 1.80. The lowest BCUT2D eigenvalue weighted by Crippen LogP contribution is -2.14. The number of oxime groups is 1. The van der Waals surface area contributed by atoms with E-state index in [0.29, 0.717) is 0 Å². The molecule has 0 aromatic rings. The smallest absolute Gasteiger partial charge is 0.261 e. The molecule has 0 spiro atoms. The Hall–Kier alpha value is -0.380. The molecule has 0 bridgehead atoms. The van der Waals surface area contributed by atoms with Crippen molar-refractivity contribution >= 4 is 16.8 Å². The molecule has 1 atom stereocenters. The van der Waals surface area contributed by atoms with Crippen LogP contribution in [0.1, 0.15) is 13.3 Å². The summed E-state index contributed by atoms with van der Waals surface area (Å²) < 4.78 is 24.7. The molecule has 10 heavy (non-hydrogen) atoms. The molecule has 1 aliphatic carbocycles. The van der Waals surface area contributed by atoms with Gasteiger partial charge in [-0.05, 0) is 6.92 Å². The lowest BCUT2D eigenvalue weighted by molar-refractivity contribution is 0.0892. The second-order valence-electron chi connectivity index (χ2n) is 2.60. The SMILES string of the molecule is CC1(/C(Cl)=N/O)CC1(F)F. The van der Waals surface area contributed by atoms with E-state index in [0.717, 1.165) is 0 Å². The topological polar surface area (TPSA) is 32.6 Å².